The van der Waals surface area contributed by atoms with Crippen LogP contribution in [0.3, 0.4) is 0 Å². The van der Waals surface area contributed by atoms with E-state index >= 15 is 0 Å². The van der Waals surface area contributed by atoms with Gasteiger partial charge in [-0.1, -0.05) is 49.4 Å². The first-order chi connectivity index (χ1) is 25.0. The van der Waals surface area contributed by atoms with Gasteiger partial charge in [0.25, 0.3) is 0 Å². The minimum absolute atomic E-state index is 0.00614. The van der Waals surface area contributed by atoms with Crippen LogP contribution < -0.4 is 24.8 Å². The van der Waals surface area contributed by atoms with Crippen LogP contribution in [0.5, 0.6) is 11.5 Å². The van der Waals surface area contributed by atoms with Crippen LogP contribution in [0.25, 0.3) is 0 Å². The van der Waals surface area contributed by atoms with E-state index in [1.165, 1.54) is 11.1 Å². The number of hydrogen-bond donors (Lipinski definition) is 7. The molecule has 0 spiro atoms. The molecule has 0 aliphatic carbocycles. The lowest BCUT2D eigenvalue weighted by Crippen LogP contribution is -2.57. The first-order valence-electron chi connectivity index (χ1n) is 17.3. The van der Waals surface area contributed by atoms with Gasteiger partial charge in [-0.2, -0.15) is 0 Å². The molecule has 0 saturated carbocycles. The zero-order chi connectivity index (χ0) is 36.8. The van der Waals surface area contributed by atoms with E-state index in [9.17, 15) is 28.8 Å². The van der Waals surface area contributed by atoms with Crippen molar-refractivity contribution in [3.8, 4) is 11.5 Å². The molecule has 2 aliphatic heterocycles. The fourth-order valence-electron chi connectivity index (χ4n) is 6.82. The second-order valence-corrected chi connectivity index (χ2v) is 15.0. The molecular weight excluding hydrogens is 689 g/mol. The number of aromatic nitrogens is 2. The summed E-state index contributed by atoms with van der Waals surface area (Å²) >= 11 is 0. The summed E-state index contributed by atoms with van der Waals surface area (Å²) in [5.41, 5.74) is 4.53. The molecular formula is C37H46N6O8S. The molecule has 6 atom stereocenters. The predicted molar refractivity (Wildman–Crippen MR) is 195 cm³/mol. The van der Waals surface area contributed by atoms with E-state index in [1.54, 1.807) is 12.1 Å². The lowest BCUT2D eigenvalue weighted by molar-refractivity contribution is -0.158. The highest BCUT2D eigenvalue weighted by atomic mass is 32.2. The Kier molecular flexibility index (Phi) is 11.9. The topological polar surface area (TPSA) is 199 Å². The van der Waals surface area contributed by atoms with Gasteiger partial charge < -0.3 is 35.2 Å². The fraction of sp³-hybridized carbons (Fsp3) is 0.405. The average Bonchev–Trinajstić information content (AvgIpc) is 3.36. The van der Waals surface area contributed by atoms with Crippen LogP contribution >= 0.6 is 0 Å². The zero-order valence-corrected chi connectivity index (χ0v) is 29.9. The van der Waals surface area contributed by atoms with E-state index < -0.39 is 41.0 Å². The molecule has 15 heteroatoms. The number of nitrogens with one attached hydrogen (secondary N) is 3. The maximum Gasteiger partial charge on any atom is 0.236 e. The van der Waals surface area contributed by atoms with E-state index in [4.69, 9.17) is 9.47 Å². The number of benzene rings is 3. The largest absolute Gasteiger partial charge is 0.494 e. The predicted octanol–water partition coefficient (Wildman–Crippen LogP) is 3.34. The SMILES string of the molecule is CC(Cc1cccc(OCCCNc2cccc3c2C(O)N(C2CCC(O)NC2O)C3O)c1)c1ccccc1OCc1ccnc(NS(C)(=O)=O)n1. The fourth-order valence-corrected chi connectivity index (χ4v) is 7.25. The molecule has 4 aromatic rings. The Labute approximate surface area is 303 Å². The van der Waals surface area contributed by atoms with Crippen molar-refractivity contribution in [3.63, 3.8) is 0 Å². The van der Waals surface area contributed by atoms with Gasteiger partial charge in [-0.05, 0) is 73.1 Å². The lowest BCUT2D eigenvalue weighted by Gasteiger charge is -2.40. The maximum absolute atomic E-state index is 11.6. The minimum atomic E-state index is -3.50. The Morgan fingerprint density at radius 1 is 0.981 bits per heavy atom. The minimum Gasteiger partial charge on any atom is -0.494 e. The summed E-state index contributed by atoms with van der Waals surface area (Å²) in [7, 11) is -3.50. The van der Waals surface area contributed by atoms with E-state index in [2.05, 4.69) is 38.3 Å². The molecule has 1 fully saturated rings. The van der Waals surface area contributed by atoms with Crippen LogP contribution in [0.15, 0.2) is 79.0 Å². The Morgan fingerprint density at radius 3 is 2.60 bits per heavy atom. The Morgan fingerprint density at radius 2 is 1.79 bits per heavy atom. The third-order valence-corrected chi connectivity index (χ3v) is 9.80. The number of aliphatic hydroxyl groups excluding tert-OH is 4. The number of sulfonamides is 1. The first kappa shape index (κ1) is 37.4. The van der Waals surface area contributed by atoms with E-state index in [1.807, 2.05) is 54.6 Å². The van der Waals surface area contributed by atoms with Gasteiger partial charge in [0.15, 0.2) is 0 Å². The number of hydrogen-bond acceptors (Lipinski definition) is 13. The molecule has 6 unspecified atom stereocenters. The molecule has 14 nitrogen and oxygen atoms in total. The summed E-state index contributed by atoms with van der Waals surface area (Å²) in [4.78, 5) is 9.68. The summed E-state index contributed by atoms with van der Waals surface area (Å²) in [5.74, 6) is 1.59. The normalized spacial score (nSPS) is 22.4. The van der Waals surface area contributed by atoms with Crippen molar-refractivity contribution in [3.05, 3.63) is 107 Å². The van der Waals surface area contributed by atoms with Gasteiger partial charge >= 0.3 is 0 Å². The summed E-state index contributed by atoms with van der Waals surface area (Å²) in [6.07, 6.45) is 0.636. The molecule has 1 aromatic heterocycles. The average molecular weight is 735 g/mol. The van der Waals surface area contributed by atoms with Gasteiger partial charge in [-0.3, -0.25) is 10.0 Å². The van der Waals surface area contributed by atoms with Gasteiger partial charge in [-0.25, -0.2) is 23.3 Å². The second-order valence-electron chi connectivity index (χ2n) is 13.2. The van der Waals surface area contributed by atoms with Crippen molar-refractivity contribution in [1.82, 2.24) is 20.2 Å². The van der Waals surface area contributed by atoms with Crippen LogP contribution in [0.1, 0.15) is 72.5 Å². The van der Waals surface area contributed by atoms with Gasteiger partial charge in [0, 0.05) is 29.6 Å². The van der Waals surface area contributed by atoms with Gasteiger partial charge in [0.2, 0.25) is 16.0 Å². The first-order valence-corrected chi connectivity index (χ1v) is 19.2. The molecule has 3 aromatic carbocycles. The van der Waals surface area contributed by atoms with E-state index in [0.29, 0.717) is 60.7 Å². The number of fused-ring (bicyclic) bond motifs is 1. The highest BCUT2D eigenvalue weighted by Gasteiger charge is 2.45. The molecule has 2 aliphatic rings. The van der Waals surface area contributed by atoms with Crippen LogP contribution in [0.2, 0.25) is 0 Å². The third kappa shape index (κ3) is 9.16. The van der Waals surface area contributed by atoms with Crippen LogP contribution in [-0.4, -0.2) is 81.6 Å². The Hall–Kier alpha value is -4.35. The van der Waals surface area contributed by atoms with Crippen molar-refractivity contribution in [2.45, 2.75) is 76.1 Å². The number of ether oxygens (including phenoxy) is 2. The molecule has 0 amide bonds. The molecule has 52 heavy (non-hydrogen) atoms. The Balaban J connectivity index is 0.998. The molecule has 0 radical (unpaired) electrons. The summed E-state index contributed by atoms with van der Waals surface area (Å²) in [5, 5.41) is 48.7. The summed E-state index contributed by atoms with van der Waals surface area (Å²) in [6.45, 7) is 3.30. The number of rotatable bonds is 15. The second kappa shape index (κ2) is 16.5. The van der Waals surface area contributed by atoms with Crippen LogP contribution in [0, 0.1) is 0 Å². The molecule has 0 bridgehead atoms. The number of para-hydroxylation sites is 1. The number of nitrogens with zero attached hydrogens (tertiary/aromatic N) is 3. The molecule has 3 heterocycles. The molecule has 7 N–H and O–H groups in total. The summed E-state index contributed by atoms with van der Waals surface area (Å²) < 4.78 is 37.6. The zero-order valence-electron chi connectivity index (χ0n) is 29.1. The number of aliphatic hydroxyl groups is 4. The number of piperidine rings is 1. The van der Waals surface area contributed by atoms with Gasteiger partial charge in [-0.15, -0.1) is 0 Å². The smallest absolute Gasteiger partial charge is 0.236 e. The maximum atomic E-state index is 11.6. The van der Waals surface area contributed by atoms with Crippen molar-refractivity contribution >= 4 is 21.7 Å². The number of anilines is 2. The molecule has 6 rings (SSSR count). The Bertz CT molecular complexity index is 1930. The van der Waals surface area contributed by atoms with E-state index in [0.717, 1.165) is 29.6 Å². The van der Waals surface area contributed by atoms with Crippen molar-refractivity contribution in [2.75, 3.05) is 29.4 Å². The standard InChI is InChI=1S/C37H46N6O8S/c1-23(27-10-3-4-13-31(27)51-22-25-16-18-39-37(40-25)42-52(2,48)49)20-24-8-5-9-26(21-24)50-19-7-17-38-29-12-6-11-28-33(29)36(47)43(35(28)46)30-14-15-32(44)41-34(30)45/h3-6,8-13,16,18,21,23,30,32,34-36,38,41,44-47H,7,14-15,17,19-20,22H2,1-2H3,(H,39,40,42). The van der Waals surface area contributed by atoms with Crippen LogP contribution in [-0.2, 0) is 23.1 Å². The quantitative estimate of drug-likeness (QED) is 0.0879. The molecule has 1 saturated heterocycles. The van der Waals surface area contributed by atoms with Crippen molar-refractivity contribution in [1.29, 1.82) is 0 Å². The highest BCUT2D eigenvalue weighted by molar-refractivity contribution is 7.91. The van der Waals surface area contributed by atoms with Crippen LogP contribution in [0.4, 0.5) is 11.6 Å². The molecule has 278 valence electrons. The summed E-state index contributed by atoms with van der Waals surface area (Å²) in [6, 6.07) is 22.4. The monoisotopic (exact) mass is 734 g/mol. The van der Waals surface area contributed by atoms with Crippen molar-refractivity contribution in [2.24, 2.45) is 0 Å². The highest BCUT2D eigenvalue weighted by Crippen LogP contribution is 2.45. The van der Waals surface area contributed by atoms with Gasteiger partial charge in [0.05, 0.1) is 24.6 Å². The van der Waals surface area contributed by atoms with Crippen molar-refractivity contribution < 1.29 is 38.3 Å². The van der Waals surface area contributed by atoms with Gasteiger partial charge in [0.1, 0.15) is 43.0 Å². The lowest BCUT2D eigenvalue weighted by atomic mass is 9.93. The van der Waals surface area contributed by atoms with E-state index in [-0.39, 0.29) is 18.5 Å². The third-order valence-electron chi connectivity index (χ3n) is 9.25.